The average Bonchev–Trinajstić information content (AvgIpc) is 2.04. The molecule has 2 saturated heterocycles. The van der Waals surface area contributed by atoms with Crippen molar-refractivity contribution in [3.8, 4) is 0 Å². The van der Waals surface area contributed by atoms with Crippen LogP contribution in [0.2, 0.25) is 0 Å². The summed E-state index contributed by atoms with van der Waals surface area (Å²) in [6.45, 7) is 5.14. The van der Waals surface area contributed by atoms with Crippen molar-refractivity contribution in [2.45, 2.75) is 6.04 Å². The molecule has 4 nitrogen and oxygen atoms in total. The minimum Gasteiger partial charge on any atom is -0.378 e. The lowest BCUT2D eigenvalue weighted by atomic mass is 10.2. The van der Waals surface area contributed by atoms with E-state index in [0.29, 0.717) is 6.04 Å². The average molecular weight is 158 g/mol. The van der Waals surface area contributed by atoms with Crippen LogP contribution in [-0.4, -0.2) is 60.6 Å². The SMILES string of the molecule is ON1CCN2CCOCC2C1. The fourth-order valence-electron chi connectivity index (χ4n) is 1.73. The highest BCUT2D eigenvalue weighted by Crippen LogP contribution is 2.11. The molecule has 1 unspecified atom stereocenters. The van der Waals surface area contributed by atoms with E-state index in [0.717, 1.165) is 39.4 Å². The highest BCUT2D eigenvalue weighted by Gasteiger charge is 2.28. The van der Waals surface area contributed by atoms with E-state index in [2.05, 4.69) is 4.90 Å². The first-order chi connectivity index (χ1) is 5.36. The summed E-state index contributed by atoms with van der Waals surface area (Å²) in [4.78, 5) is 2.39. The molecule has 1 atom stereocenters. The summed E-state index contributed by atoms with van der Waals surface area (Å²) in [5.74, 6) is 0. The van der Waals surface area contributed by atoms with Gasteiger partial charge in [0.15, 0.2) is 0 Å². The van der Waals surface area contributed by atoms with E-state index >= 15 is 0 Å². The summed E-state index contributed by atoms with van der Waals surface area (Å²) in [5.41, 5.74) is 0. The van der Waals surface area contributed by atoms with Gasteiger partial charge in [-0.2, -0.15) is 5.06 Å². The number of hydroxylamine groups is 2. The van der Waals surface area contributed by atoms with Crippen LogP contribution in [0.15, 0.2) is 0 Å². The van der Waals surface area contributed by atoms with Gasteiger partial charge in [-0.05, 0) is 0 Å². The highest BCUT2D eigenvalue weighted by atomic mass is 16.5. The van der Waals surface area contributed by atoms with Crippen LogP contribution in [0.25, 0.3) is 0 Å². The second kappa shape index (κ2) is 3.06. The van der Waals surface area contributed by atoms with Gasteiger partial charge in [-0.1, -0.05) is 0 Å². The van der Waals surface area contributed by atoms with E-state index in [9.17, 15) is 5.21 Å². The van der Waals surface area contributed by atoms with E-state index in [4.69, 9.17) is 4.74 Å². The minimum atomic E-state index is 0.419. The second-order valence-electron chi connectivity index (χ2n) is 3.18. The number of hydrogen-bond acceptors (Lipinski definition) is 4. The van der Waals surface area contributed by atoms with Gasteiger partial charge < -0.3 is 9.94 Å². The summed E-state index contributed by atoms with van der Waals surface area (Å²) < 4.78 is 5.31. The molecule has 2 rings (SSSR count). The first-order valence-electron chi connectivity index (χ1n) is 4.12. The van der Waals surface area contributed by atoms with Gasteiger partial charge in [0.25, 0.3) is 0 Å². The number of nitrogens with zero attached hydrogens (tertiary/aromatic N) is 2. The van der Waals surface area contributed by atoms with Crippen LogP contribution in [0.4, 0.5) is 0 Å². The van der Waals surface area contributed by atoms with Crippen molar-refractivity contribution in [2.75, 3.05) is 39.4 Å². The van der Waals surface area contributed by atoms with Crippen molar-refractivity contribution in [1.29, 1.82) is 0 Å². The molecule has 2 aliphatic rings. The summed E-state index contributed by atoms with van der Waals surface area (Å²) in [6.07, 6.45) is 0. The quantitative estimate of drug-likeness (QED) is 0.510. The van der Waals surface area contributed by atoms with Gasteiger partial charge in [-0.15, -0.1) is 0 Å². The summed E-state index contributed by atoms with van der Waals surface area (Å²) in [7, 11) is 0. The maximum Gasteiger partial charge on any atom is 0.0635 e. The van der Waals surface area contributed by atoms with E-state index in [1.54, 1.807) is 0 Å². The molecule has 4 heteroatoms. The van der Waals surface area contributed by atoms with Crippen LogP contribution in [-0.2, 0) is 4.74 Å². The Morgan fingerprint density at radius 3 is 3.09 bits per heavy atom. The van der Waals surface area contributed by atoms with Crippen molar-refractivity contribution in [3.05, 3.63) is 0 Å². The molecular formula is C7H14N2O2. The molecule has 11 heavy (non-hydrogen) atoms. The lowest BCUT2D eigenvalue weighted by molar-refractivity contribution is -0.156. The predicted molar refractivity (Wildman–Crippen MR) is 39.5 cm³/mol. The number of hydrogen-bond donors (Lipinski definition) is 1. The first kappa shape index (κ1) is 7.49. The molecule has 0 aromatic carbocycles. The lowest BCUT2D eigenvalue weighted by Gasteiger charge is -2.41. The normalized spacial score (nSPS) is 35.2. The molecule has 0 aliphatic carbocycles. The molecule has 0 spiro atoms. The Morgan fingerprint density at radius 2 is 2.18 bits per heavy atom. The number of morpholine rings is 1. The zero-order valence-corrected chi connectivity index (χ0v) is 6.57. The largest absolute Gasteiger partial charge is 0.378 e. The molecule has 0 bridgehead atoms. The standard InChI is InChI=1S/C7H14N2O2/c10-9-2-1-8-3-4-11-6-7(8)5-9/h7,10H,1-6H2. The molecule has 64 valence electrons. The summed E-state index contributed by atoms with van der Waals surface area (Å²) in [5, 5.41) is 10.6. The molecule has 0 aromatic heterocycles. The van der Waals surface area contributed by atoms with Gasteiger partial charge in [-0.25, -0.2) is 0 Å². The second-order valence-corrected chi connectivity index (χ2v) is 3.18. The van der Waals surface area contributed by atoms with Crippen LogP contribution in [0.1, 0.15) is 0 Å². The third kappa shape index (κ3) is 1.54. The molecule has 2 heterocycles. The number of ether oxygens (including phenoxy) is 1. The Labute approximate surface area is 66.3 Å². The van der Waals surface area contributed by atoms with Crippen molar-refractivity contribution in [1.82, 2.24) is 9.96 Å². The van der Waals surface area contributed by atoms with Gasteiger partial charge in [0.2, 0.25) is 0 Å². The van der Waals surface area contributed by atoms with E-state index in [1.807, 2.05) is 0 Å². The Kier molecular flexibility index (Phi) is 2.09. The molecular weight excluding hydrogens is 144 g/mol. The molecule has 0 amide bonds. The molecule has 0 aromatic rings. The van der Waals surface area contributed by atoms with Crippen LogP contribution in [0, 0.1) is 0 Å². The maximum absolute atomic E-state index is 9.20. The van der Waals surface area contributed by atoms with Crippen molar-refractivity contribution in [3.63, 3.8) is 0 Å². The van der Waals surface area contributed by atoms with Crippen molar-refractivity contribution >= 4 is 0 Å². The Bertz CT molecular complexity index is 142. The zero-order valence-electron chi connectivity index (χ0n) is 6.57. The number of fused-ring (bicyclic) bond motifs is 1. The Morgan fingerprint density at radius 1 is 1.27 bits per heavy atom. The predicted octanol–water partition coefficient (Wildman–Crippen LogP) is -0.608. The zero-order chi connectivity index (χ0) is 7.68. The molecule has 2 fully saturated rings. The van der Waals surface area contributed by atoms with Crippen LogP contribution < -0.4 is 0 Å². The minimum absolute atomic E-state index is 0.419. The van der Waals surface area contributed by atoms with Gasteiger partial charge in [0.05, 0.1) is 13.2 Å². The highest BCUT2D eigenvalue weighted by molar-refractivity contribution is 4.81. The fraction of sp³-hybridized carbons (Fsp3) is 1.00. The number of piperazine rings is 1. The van der Waals surface area contributed by atoms with E-state index in [-0.39, 0.29) is 0 Å². The van der Waals surface area contributed by atoms with Crippen molar-refractivity contribution in [2.24, 2.45) is 0 Å². The molecule has 0 saturated carbocycles. The van der Waals surface area contributed by atoms with Crippen LogP contribution >= 0.6 is 0 Å². The molecule has 1 N–H and O–H groups in total. The van der Waals surface area contributed by atoms with Crippen LogP contribution in [0.5, 0.6) is 0 Å². The van der Waals surface area contributed by atoms with E-state index in [1.165, 1.54) is 5.06 Å². The summed E-state index contributed by atoms with van der Waals surface area (Å²) in [6, 6.07) is 0.419. The van der Waals surface area contributed by atoms with Gasteiger partial charge in [-0.3, -0.25) is 4.90 Å². The molecule has 0 radical (unpaired) electrons. The van der Waals surface area contributed by atoms with E-state index < -0.39 is 0 Å². The Hall–Kier alpha value is -0.160. The lowest BCUT2D eigenvalue weighted by Crippen LogP contribution is -2.57. The summed E-state index contributed by atoms with van der Waals surface area (Å²) >= 11 is 0. The van der Waals surface area contributed by atoms with Gasteiger partial charge in [0.1, 0.15) is 0 Å². The Balaban J connectivity index is 1.93. The maximum atomic E-state index is 9.20. The first-order valence-corrected chi connectivity index (χ1v) is 4.12. The molecule has 2 aliphatic heterocycles. The van der Waals surface area contributed by atoms with Crippen molar-refractivity contribution < 1.29 is 9.94 Å². The van der Waals surface area contributed by atoms with Gasteiger partial charge >= 0.3 is 0 Å². The number of rotatable bonds is 0. The third-order valence-corrected chi connectivity index (χ3v) is 2.42. The smallest absolute Gasteiger partial charge is 0.0635 e. The monoisotopic (exact) mass is 158 g/mol. The van der Waals surface area contributed by atoms with Crippen LogP contribution in [0.3, 0.4) is 0 Å². The third-order valence-electron chi connectivity index (χ3n) is 2.42. The fourth-order valence-corrected chi connectivity index (χ4v) is 1.73. The van der Waals surface area contributed by atoms with Gasteiger partial charge in [0, 0.05) is 32.2 Å². The topological polar surface area (TPSA) is 35.9 Å².